The van der Waals surface area contributed by atoms with E-state index in [9.17, 15) is 14.7 Å². The van der Waals surface area contributed by atoms with Gasteiger partial charge in [0.1, 0.15) is 17.6 Å². The minimum Gasteiger partial charge on any atom is -0.550 e. The number of hydrogen-bond donors (Lipinski definition) is 2. The van der Waals surface area contributed by atoms with Crippen molar-refractivity contribution in [3.05, 3.63) is 36.0 Å². The molecule has 0 aromatic carbocycles. The monoisotopic (exact) mass is 398 g/mol. The Hall–Kier alpha value is -2.74. The average molecular weight is 398 g/mol. The first-order valence-electron chi connectivity index (χ1n) is 10.2. The fourth-order valence-electron chi connectivity index (χ4n) is 4.75. The molecule has 3 saturated heterocycles. The average Bonchev–Trinajstić information content (AvgIpc) is 3.25. The van der Waals surface area contributed by atoms with Crippen molar-refractivity contribution in [1.82, 2.24) is 15.3 Å². The molecule has 8 nitrogen and oxygen atoms in total. The van der Waals surface area contributed by atoms with Gasteiger partial charge in [-0.1, -0.05) is 0 Å². The molecule has 5 rings (SSSR count). The van der Waals surface area contributed by atoms with Crippen LogP contribution in [0.5, 0.6) is 0 Å². The van der Waals surface area contributed by atoms with Gasteiger partial charge in [-0.15, -0.1) is 0 Å². The molecule has 2 N–H and O–H groups in total. The highest BCUT2D eigenvalue weighted by Gasteiger charge is 2.44. The molecule has 3 aliphatic heterocycles. The molecule has 5 heterocycles. The number of nitrogens with one attached hydrogen (secondary N) is 2. The van der Waals surface area contributed by atoms with Crippen LogP contribution in [0.3, 0.4) is 0 Å². The predicted molar refractivity (Wildman–Crippen MR) is 102 cm³/mol. The highest BCUT2D eigenvalue weighted by molar-refractivity contribution is 5.79. The zero-order valence-electron chi connectivity index (χ0n) is 16.5. The number of rotatable bonds is 7. The van der Waals surface area contributed by atoms with Crippen LogP contribution in [0.15, 0.2) is 28.9 Å². The topological polar surface area (TPSA) is 113 Å². The molecule has 8 heteroatoms. The van der Waals surface area contributed by atoms with Crippen molar-refractivity contribution in [3.63, 3.8) is 0 Å². The van der Waals surface area contributed by atoms with Crippen LogP contribution in [0, 0.1) is 12.8 Å². The third-order valence-electron chi connectivity index (χ3n) is 6.17. The second-order valence-corrected chi connectivity index (χ2v) is 8.08. The predicted octanol–water partition coefficient (Wildman–Crippen LogP) is -0.548. The van der Waals surface area contributed by atoms with E-state index in [4.69, 9.17) is 9.40 Å². The standard InChI is InChI=1S/C21H26N4O4/c1-13-23-17(10-18(24-13)19-3-2-8-29-19)16-12-25-7-6-14(16)9-15(25)11-22-20(26)4-5-21(27)28/h2-3,8,10,14-16H,4-7,9,11-12H2,1H3,(H,22,26)(H,27,28)/t14-,15+,16-/m0/s1. The summed E-state index contributed by atoms with van der Waals surface area (Å²) >= 11 is 0. The second kappa shape index (κ2) is 8.32. The molecule has 0 saturated carbocycles. The van der Waals surface area contributed by atoms with E-state index in [-0.39, 0.29) is 18.7 Å². The Labute approximate surface area is 169 Å². The van der Waals surface area contributed by atoms with Gasteiger partial charge in [0.2, 0.25) is 5.91 Å². The lowest BCUT2D eigenvalue weighted by Crippen LogP contribution is -3.20. The number of carbonyl (C=O) groups excluding carboxylic acids is 2. The van der Waals surface area contributed by atoms with Crippen LogP contribution in [0.2, 0.25) is 0 Å². The molecule has 2 aromatic heterocycles. The molecule has 0 spiro atoms. The van der Waals surface area contributed by atoms with Crippen LogP contribution in [0.25, 0.3) is 11.5 Å². The van der Waals surface area contributed by atoms with Gasteiger partial charge in [-0.2, -0.15) is 0 Å². The molecule has 29 heavy (non-hydrogen) atoms. The van der Waals surface area contributed by atoms with Crippen molar-refractivity contribution in [2.75, 3.05) is 19.6 Å². The van der Waals surface area contributed by atoms with Gasteiger partial charge in [0.05, 0.1) is 37.5 Å². The van der Waals surface area contributed by atoms with E-state index in [1.165, 1.54) is 4.90 Å². The van der Waals surface area contributed by atoms with E-state index in [0.29, 0.717) is 24.4 Å². The Morgan fingerprint density at radius 3 is 2.90 bits per heavy atom. The minimum atomic E-state index is -1.19. The Kier molecular flexibility index (Phi) is 5.62. The summed E-state index contributed by atoms with van der Waals surface area (Å²) in [6, 6.07) is 6.18. The third-order valence-corrected chi connectivity index (χ3v) is 6.17. The maximum atomic E-state index is 11.8. The summed E-state index contributed by atoms with van der Waals surface area (Å²) in [6.45, 7) is 4.58. The quantitative estimate of drug-likeness (QED) is 0.647. The van der Waals surface area contributed by atoms with Crippen molar-refractivity contribution in [3.8, 4) is 11.5 Å². The van der Waals surface area contributed by atoms with Gasteiger partial charge >= 0.3 is 0 Å². The Morgan fingerprint density at radius 1 is 1.34 bits per heavy atom. The molecule has 1 unspecified atom stereocenters. The maximum absolute atomic E-state index is 11.8. The third kappa shape index (κ3) is 4.48. The molecule has 2 aromatic rings. The number of carboxylic acids is 1. The number of aliphatic carboxylic acids is 1. The van der Waals surface area contributed by atoms with E-state index in [0.717, 1.165) is 48.9 Å². The Morgan fingerprint density at radius 2 is 2.21 bits per heavy atom. The second-order valence-electron chi connectivity index (χ2n) is 8.08. The number of quaternary nitrogens is 1. The molecule has 154 valence electrons. The molecule has 3 aliphatic rings. The summed E-state index contributed by atoms with van der Waals surface area (Å²) in [4.78, 5) is 33.1. The van der Waals surface area contributed by atoms with Crippen LogP contribution in [0.4, 0.5) is 0 Å². The Bertz CT molecular complexity index is 883. The van der Waals surface area contributed by atoms with E-state index in [2.05, 4.69) is 16.4 Å². The molecule has 2 bridgehead atoms. The summed E-state index contributed by atoms with van der Waals surface area (Å²) < 4.78 is 5.51. The molecule has 0 radical (unpaired) electrons. The lowest BCUT2D eigenvalue weighted by Gasteiger charge is -2.46. The molecule has 4 atom stereocenters. The van der Waals surface area contributed by atoms with E-state index in [1.54, 1.807) is 6.26 Å². The van der Waals surface area contributed by atoms with Crippen LogP contribution >= 0.6 is 0 Å². The van der Waals surface area contributed by atoms with Gasteiger partial charge < -0.3 is 24.5 Å². The number of fused-ring (bicyclic) bond motifs is 3. The normalized spacial score (nSPS) is 25.7. The lowest BCUT2D eigenvalue weighted by atomic mass is 9.74. The smallest absolute Gasteiger partial charge is 0.220 e. The summed E-state index contributed by atoms with van der Waals surface area (Å²) in [7, 11) is 0. The van der Waals surface area contributed by atoms with Crippen molar-refractivity contribution in [2.24, 2.45) is 5.92 Å². The van der Waals surface area contributed by atoms with Crippen LogP contribution in [0.1, 0.15) is 43.1 Å². The molecule has 0 aliphatic carbocycles. The van der Waals surface area contributed by atoms with Crippen LogP contribution in [-0.2, 0) is 9.59 Å². The van der Waals surface area contributed by atoms with Gasteiger partial charge in [0.15, 0.2) is 5.76 Å². The van der Waals surface area contributed by atoms with Crippen molar-refractivity contribution < 1.29 is 24.0 Å². The summed E-state index contributed by atoms with van der Waals surface area (Å²) in [6.07, 6.45) is 3.57. The number of carbonyl (C=O) groups is 2. The number of aromatic nitrogens is 2. The summed E-state index contributed by atoms with van der Waals surface area (Å²) in [5.74, 6) is 0.987. The van der Waals surface area contributed by atoms with Crippen molar-refractivity contribution >= 4 is 11.9 Å². The van der Waals surface area contributed by atoms with E-state index < -0.39 is 5.97 Å². The van der Waals surface area contributed by atoms with Crippen molar-refractivity contribution in [1.29, 1.82) is 0 Å². The van der Waals surface area contributed by atoms with Gasteiger partial charge in [-0.05, 0) is 37.5 Å². The summed E-state index contributed by atoms with van der Waals surface area (Å²) in [5, 5.41) is 13.4. The largest absolute Gasteiger partial charge is 0.550 e. The number of carboxylic acid groups (broad SMARTS) is 1. The van der Waals surface area contributed by atoms with Crippen LogP contribution in [-0.4, -0.2) is 47.5 Å². The van der Waals surface area contributed by atoms with Gasteiger partial charge in [-0.3, -0.25) is 4.79 Å². The highest BCUT2D eigenvalue weighted by Crippen LogP contribution is 2.34. The number of furan rings is 1. The first-order chi connectivity index (χ1) is 14.0. The lowest BCUT2D eigenvalue weighted by molar-refractivity contribution is -0.942. The van der Waals surface area contributed by atoms with Crippen LogP contribution < -0.4 is 15.3 Å². The number of piperidine rings is 3. The molecule has 3 fully saturated rings. The van der Waals surface area contributed by atoms with Gasteiger partial charge in [-0.25, -0.2) is 9.97 Å². The fraction of sp³-hybridized carbons (Fsp3) is 0.524. The summed E-state index contributed by atoms with van der Waals surface area (Å²) in [5.41, 5.74) is 1.89. The maximum Gasteiger partial charge on any atom is 0.220 e. The Balaban J connectivity index is 1.41. The number of nitrogens with zero attached hydrogens (tertiary/aromatic N) is 2. The van der Waals surface area contributed by atoms with Gasteiger partial charge in [0, 0.05) is 25.2 Å². The highest BCUT2D eigenvalue weighted by atomic mass is 16.4. The molecule has 1 amide bonds. The zero-order chi connectivity index (χ0) is 20.4. The number of amides is 1. The van der Waals surface area contributed by atoms with Gasteiger partial charge in [0.25, 0.3) is 0 Å². The molecular formula is C21H26N4O4. The minimum absolute atomic E-state index is 0.0216. The van der Waals surface area contributed by atoms with Crippen molar-refractivity contribution in [2.45, 2.75) is 44.6 Å². The zero-order valence-corrected chi connectivity index (χ0v) is 16.5. The SMILES string of the molecule is Cc1nc(-c2ccco2)cc([C@H]2C[NH+]3CC[C@H]2C[C@@H]3CNC(=O)CCC(=O)[O-])n1. The first kappa shape index (κ1) is 19.6. The van der Waals surface area contributed by atoms with E-state index in [1.807, 2.05) is 19.1 Å². The fourth-order valence-corrected chi connectivity index (χ4v) is 4.75. The first-order valence-corrected chi connectivity index (χ1v) is 10.2. The number of aryl methyl sites for hydroxylation is 1. The number of hydrogen-bond acceptors (Lipinski definition) is 6. The molecular weight excluding hydrogens is 372 g/mol. The van der Waals surface area contributed by atoms with E-state index >= 15 is 0 Å².